The van der Waals surface area contributed by atoms with Gasteiger partial charge in [0.2, 0.25) is 0 Å². The van der Waals surface area contributed by atoms with Crippen LogP contribution in [0.4, 0.5) is 5.69 Å². The highest BCUT2D eigenvalue weighted by Gasteiger charge is 2.25. The number of carbonyl (C=O) groups is 1. The Balaban J connectivity index is 1.88. The van der Waals surface area contributed by atoms with Crippen LogP contribution < -0.4 is 10.2 Å². The maximum absolute atomic E-state index is 12.3. The number of benzene rings is 2. The summed E-state index contributed by atoms with van der Waals surface area (Å²) in [6, 6.07) is 12.6. The van der Waals surface area contributed by atoms with Crippen molar-refractivity contribution in [2.45, 2.75) is 26.3 Å². The SMILES string of the molecule is CNC(=O)C(=N)N(C(=N)c1ccc(O)c(C(C)C)c1)c1ccc(CN2CCN(C)CC2)cc1. The summed E-state index contributed by atoms with van der Waals surface area (Å²) in [6.07, 6.45) is 0. The fourth-order valence-corrected chi connectivity index (χ4v) is 3.90. The van der Waals surface area contributed by atoms with E-state index in [1.165, 1.54) is 11.9 Å². The van der Waals surface area contributed by atoms with Gasteiger partial charge in [0.15, 0.2) is 5.84 Å². The Labute approximate surface area is 195 Å². The Bertz CT molecular complexity index is 1010. The molecule has 1 heterocycles. The number of hydrogen-bond acceptors (Lipinski definition) is 6. The summed E-state index contributed by atoms with van der Waals surface area (Å²) in [4.78, 5) is 18.4. The third-order valence-electron chi connectivity index (χ3n) is 6.01. The molecule has 0 spiro atoms. The largest absolute Gasteiger partial charge is 0.508 e. The molecule has 176 valence electrons. The van der Waals surface area contributed by atoms with Gasteiger partial charge < -0.3 is 15.3 Å². The molecule has 0 bridgehead atoms. The van der Waals surface area contributed by atoms with Crippen LogP contribution in [0, 0.1) is 10.8 Å². The van der Waals surface area contributed by atoms with Crippen molar-refractivity contribution in [3.8, 4) is 5.75 Å². The quantitative estimate of drug-likeness (QED) is 0.414. The number of nitrogens with one attached hydrogen (secondary N) is 3. The highest BCUT2D eigenvalue weighted by Crippen LogP contribution is 2.28. The van der Waals surface area contributed by atoms with Crippen LogP contribution in [-0.4, -0.2) is 72.8 Å². The van der Waals surface area contributed by atoms with E-state index < -0.39 is 5.91 Å². The summed E-state index contributed by atoms with van der Waals surface area (Å²) >= 11 is 0. The van der Waals surface area contributed by atoms with Crippen LogP contribution in [0.1, 0.15) is 36.5 Å². The molecule has 0 radical (unpaired) electrons. The Hall–Kier alpha value is -3.23. The van der Waals surface area contributed by atoms with E-state index in [9.17, 15) is 9.90 Å². The minimum absolute atomic E-state index is 0.00248. The first-order valence-electron chi connectivity index (χ1n) is 11.2. The van der Waals surface area contributed by atoms with Gasteiger partial charge in [0.05, 0.1) is 0 Å². The van der Waals surface area contributed by atoms with Gasteiger partial charge in [-0.05, 0) is 54.4 Å². The maximum atomic E-state index is 12.3. The lowest BCUT2D eigenvalue weighted by Gasteiger charge is -2.32. The van der Waals surface area contributed by atoms with E-state index in [-0.39, 0.29) is 23.3 Å². The Kier molecular flexibility index (Phi) is 7.84. The second-order valence-corrected chi connectivity index (χ2v) is 8.79. The average Bonchev–Trinajstić information content (AvgIpc) is 2.81. The number of aromatic hydroxyl groups is 1. The molecule has 0 aromatic heterocycles. The molecule has 1 fully saturated rings. The number of nitrogens with zero attached hydrogens (tertiary/aromatic N) is 3. The Morgan fingerprint density at radius 2 is 1.73 bits per heavy atom. The lowest BCUT2D eigenvalue weighted by molar-refractivity contribution is -0.114. The number of hydrogen-bond donors (Lipinski definition) is 4. The molecule has 3 rings (SSSR count). The summed E-state index contributed by atoms with van der Waals surface area (Å²) < 4.78 is 0. The summed E-state index contributed by atoms with van der Waals surface area (Å²) in [5.41, 5.74) is 2.95. The molecule has 1 aliphatic rings. The third kappa shape index (κ3) is 5.77. The van der Waals surface area contributed by atoms with Crippen LogP contribution in [0.2, 0.25) is 0 Å². The van der Waals surface area contributed by atoms with Gasteiger partial charge in [-0.3, -0.25) is 25.4 Å². The molecule has 1 amide bonds. The Morgan fingerprint density at radius 1 is 1.09 bits per heavy atom. The number of carbonyl (C=O) groups excluding carboxylic acids is 1. The van der Waals surface area contributed by atoms with Crippen molar-refractivity contribution >= 4 is 23.3 Å². The zero-order chi connectivity index (χ0) is 24.1. The van der Waals surface area contributed by atoms with E-state index >= 15 is 0 Å². The molecule has 0 aliphatic carbocycles. The number of amides is 1. The molecule has 8 nitrogen and oxygen atoms in total. The van der Waals surface area contributed by atoms with Crippen molar-refractivity contribution in [3.05, 3.63) is 59.2 Å². The van der Waals surface area contributed by atoms with E-state index in [1.54, 1.807) is 18.2 Å². The van der Waals surface area contributed by atoms with Crippen LogP contribution in [-0.2, 0) is 11.3 Å². The molecule has 1 aliphatic heterocycles. The number of likely N-dealkylation sites (N-methyl/N-ethyl adjacent to an activating group) is 2. The van der Waals surface area contributed by atoms with E-state index in [1.807, 2.05) is 38.1 Å². The van der Waals surface area contributed by atoms with E-state index in [4.69, 9.17) is 10.8 Å². The molecule has 4 N–H and O–H groups in total. The minimum atomic E-state index is -0.580. The first-order chi connectivity index (χ1) is 15.7. The monoisotopic (exact) mass is 450 g/mol. The molecular formula is C25H34N6O2. The summed E-state index contributed by atoms with van der Waals surface area (Å²) in [6.45, 7) is 8.92. The van der Waals surface area contributed by atoms with Gasteiger partial charge in [0, 0.05) is 51.0 Å². The van der Waals surface area contributed by atoms with E-state index in [0.29, 0.717) is 16.8 Å². The van der Waals surface area contributed by atoms with Crippen LogP contribution in [0.3, 0.4) is 0 Å². The molecule has 2 aromatic rings. The number of anilines is 1. The number of amidine groups is 2. The van der Waals surface area contributed by atoms with Crippen LogP contribution >= 0.6 is 0 Å². The standard InChI is InChI=1S/C25H34N6O2/c1-17(2)21-15-19(7-10-22(21)32)23(26)31(24(27)25(33)28-3)20-8-5-18(6-9-20)16-30-13-11-29(4)12-14-30/h5-10,15,17,26-27,32H,11-14,16H2,1-4H3,(H,28,33). The van der Waals surface area contributed by atoms with Crippen molar-refractivity contribution in [1.29, 1.82) is 10.8 Å². The van der Waals surface area contributed by atoms with Crippen molar-refractivity contribution < 1.29 is 9.90 Å². The molecule has 0 saturated carbocycles. The van der Waals surface area contributed by atoms with Gasteiger partial charge in [-0.25, -0.2) is 0 Å². The number of phenolic OH excluding ortho intramolecular Hbond substituents is 1. The fourth-order valence-electron chi connectivity index (χ4n) is 3.90. The smallest absolute Gasteiger partial charge is 0.286 e. The molecule has 2 aromatic carbocycles. The van der Waals surface area contributed by atoms with Crippen molar-refractivity contribution in [2.24, 2.45) is 0 Å². The fraction of sp³-hybridized carbons (Fsp3) is 0.400. The lowest BCUT2D eigenvalue weighted by Crippen LogP contribution is -2.45. The zero-order valence-electron chi connectivity index (χ0n) is 19.9. The maximum Gasteiger partial charge on any atom is 0.286 e. The first-order valence-corrected chi connectivity index (χ1v) is 11.2. The van der Waals surface area contributed by atoms with E-state index in [0.717, 1.165) is 38.3 Å². The highest BCUT2D eigenvalue weighted by molar-refractivity contribution is 6.48. The topological polar surface area (TPSA) is 107 Å². The van der Waals surface area contributed by atoms with Crippen LogP contribution in [0.25, 0.3) is 0 Å². The predicted molar refractivity (Wildman–Crippen MR) is 133 cm³/mol. The molecule has 33 heavy (non-hydrogen) atoms. The zero-order valence-corrected chi connectivity index (χ0v) is 19.9. The third-order valence-corrected chi connectivity index (χ3v) is 6.01. The van der Waals surface area contributed by atoms with Gasteiger partial charge in [0.1, 0.15) is 11.6 Å². The summed E-state index contributed by atoms with van der Waals surface area (Å²) in [5, 5.41) is 29.9. The van der Waals surface area contributed by atoms with Gasteiger partial charge in [-0.1, -0.05) is 26.0 Å². The predicted octanol–water partition coefficient (Wildman–Crippen LogP) is 2.82. The highest BCUT2D eigenvalue weighted by atomic mass is 16.3. The molecular weight excluding hydrogens is 416 g/mol. The number of rotatable bonds is 5. The van der Waals surface area contributed by atoms with Crippen molar-refractivity contribution in [1.82, 2.24) is 15.1 Å². The second kappa shape index (κ2) is 10.6. The van der Waals surface area contributed by atoms with Gasteiger partial charge >= 0.3 is 0 Å². The van der Waals surface area contributed by atoms with Crippen LogP contribution in [0.15, 0.2) is 42.5 Å². The van der Waals surface area contributed by atoms with Gasteiger partial charge in [-0.15, -0.1) is 0 Å². The lowest BCUT2D eigenvalue weighted by atomic mass is 9.98. The summed E-state index contributed by atoms with van der Waals surface area (Å²) in [5.74, 6) is -0.684. The van der Waals surface area contributed by atoms with Crippen molar-refractivity contribution in [3.63, 3.8) is 0 Å². The first kappa shape index (κ1) is 24.4. The van der Waals surface area contributed by atoms with Gasteiger partial charge in [0.25, 0.3) is 5.91 Å². The second-order valence-electron chi connectivity index (χ2n) is 8.79. The molecule has 8 heteroatoms. The van der Waals surface area contributed by atoms with Crippen LogP contribution in [0.5, 0.6) is 5.75 Å². The molecule has 0 unspecified atom stereocenters. The average molecular weight is 451 g/mol. The van der Waals surface area contributed by atoms with E-state index in [2.05, 4.69) is 22.2 Å². The summed E-state index contributed by atoms with van der Waals surface area (Å²) in [7, 11) is 3.60. The van der Waals surface area contributed by atoms with Gasteiger partial charge in [-0.2, -0.15) is 0 Å². The number of phenols is 1. The molecule has 0 atom stereocenters. The Morgan fingerprint density at radius 3 is 2.30 bits per heavy atom. The van der Waals surface area contributed by atoms with Crippen molar-refractivity contribution in [2.75, 3.05) is 45.2 Å². The normalized spacial score (nSPS) is 14.8. The molecule has 1 saturated heterocycles. The minimum Gasteiger partial charge on any atom is -0.508 e. The number of piperazine rings is 1.